The van der Waals surface area contributed by atoms with Gasteiger partial charge in [-0.1, -0.05) is 41.4 Å². The van der Waals surface area contributed by atoms with Crippen molar-refractivity contribution in [3.8, 4) is 17.2 Å². The fraction of sp³-hybridized carbons (Fsp3) is 0.154. The molecule has 0 atom stereocenters. The fourth-order valence-electron chi connectivity index (χ4n) is 3.69. The van der Waals surface area contributed by atoms with Crippen LogP contribution in [0.2, 0.25) is 10.0 Å². The first-order chi connectivity index (χ1) is 17.7. The van der Waals surface area contributed by atoms with Gasteiger partial charge >= 0.3 is 0 Å². The van der Waals surface area contributed by atoms with Gasteiger partial charge in [0, 0.05) is 16.5 Å². The summed E-state index contributed by atoms with van der Waals surface area (Å²) in [6.45, 7) is 1.44. The Morgan fingerprint density at radius 3 is 2.32 bits per heavy atom. The Bertz CT molecular complexity index is 1590. The smallest absolute Gasteiger partial charge is 0.279 e. The van der Waals surface area contributed by atoms with E-state index in [1.54, 1.807) is 55.5 Å². The van der Waals surface area contributed by atoms with Gasteiger partial charge in [0.05, 0.1) is 42.5 Å². The van der Waals surface area contributed by atoms with Gasteiger partial charge in [-0.15, -0.1) is 0 Å². The number of aryl methyl sites for hydroxylation is 1. The first kappa shape index (κ1) is 26.0. The predicted molar refractivity (Wildman–Crippen MR) is 143 cm³/mol. The zero-order valence-electron chi connectivity index (χ0n) is 20.1. The number of fused-ring (bicyclic) bond motifs is 1. The molecule has 37 heavy (non-hydrogen) atoms. The third kappa shape index (κ3) is 5.37. The number of methoxy groups -OCH3 is 2. The van der Waals surface area contributed by atoms with Gasteiger partial charge in [0.2, 0.25) is 5.91 Å². The lowest BCUT2D eigenvalue weighted by Gasteiger charge is -2.14. The lowest BCUT2D eigenvalue weighted by molar-refractivity contribution is -0.115. The highest BCUT2D eigenvalue weighted by molar-refractivity contribution is 6.32. The van der Waals surface area contributed by atoms with E-state index in [1.165, 1.54) is 20.3 Å². The van der Waals surface area contributed by atoms with E-state index in [2.05, 4.69) is 15.7 Å². The summed E-state index contributed by atoms with van der Waals surface area (Å²) >= 11 is 12.4. The van der Waals surface area contributed by atoms with E-state index < -0.39 is 17.4 Å². The minimum absolute atomic E-state index is 0.0325. The van der Waals surface area contributed by atoms with Crippen LogP contribution in [0.1, 0.15) is 16.1 Å². The van der Waals surface area contributed by atoms with Crippen LogP contribution in [-0.4, -0.2) is 42.4 Å². The van der Waals surface area contributed by atoms with Crippen molar-refractivity contribution >= 4 is 51.5 Å². The van der Waals surface area contributed by atoms with Crippen LogP contribution in [0.3, 0.4) is 0 Å². The topological polar surface area (TPSA) is 112 Å². The van der Waals surface area contributed by atoms with E-state index in [9.17, 15) is 14.4 Å². The molecule has 2 amide bonds. The lowest BCUT2D eigenvalue weighted by Crippen LogP contribution is -2.35. The number of halogens is 2. The average Bonchev–Trinajstić information content (AvgIpc) is 2.89. The largest absolute Gasteiger partial charge is 0.495 e. The number of anilines is 1. The zero-order valence-corrected chi connectivity index (χ0v) is 21.6. The molecule has 190 valence electrons. The molecule has 4 aromatic rings. The van der Waals surface area contributed by atoms with E-state index >= 15 is 0 Å². The molecule has 2 N–H and O–H groups in total. The molecular weight excluding hydrogens is 519 g/mol. The lowest BCUT2D eigenvalue weighted by atomic mass is 10.1. The number of nitrogens with zero attached hydrogens (tertiary/aromatic N) is 2. The van der Waals surface area contributed by atoms with E-state index in [-0.39, 0.29) is 22.6 Å². The van der Waals surface area contributed by atoms with Crippen molar-refractivity contribution in [2.24, 2.45) is 0 Å². The highest BCUT2D eigenvalue weighted by atomic mass is 35.5. The molecule has 0 unspecified atom stereocenters. The van der Waals surface area contributed by atoms with Gasteiger partial charge in [0.25, 0.3) is 11.5 Å². The van der Waals surface area contributed by atoms with Gasteiger partial charge in [-0.05, 0) is 42.8 Å². The molecule has 0 aliphatic heterocycles. The Balaban J connectivity index is 1.62. The molecule has 0 fully saturated rings. The van der Waals surface area contributed by atoms with E-state index in [1.807, 2.05) is 0 Å². The monoisotopic (exact) mass is 540 g/mol. The molecule has 1 aromatic heterocycles. The maximum absolute atomic E-state index is 13.2. The Kier molecular flexibility index (Phi) is 7.66. The number of benzene rings is 3. The third-order valence-corrected chi connectivity index (χ3v) is 6.27. The maximum Gasteiger partial charge on any atom is 0.279 e. The van der Waals surface area contributed by atoms with E-state index in [4.69, 9.17) is 32.7 Å². The van der Waals surface area contributed by atoms with Gasteiger partial charge < -0.3 is 20.1 Å². The molecular formula is C26H22Cl2N4O5. The van der Waals surface area contributed by atoms with Crippen LogP contribution in [0.25, 0.3) is 16.5 Å². The van der Waals surface area contributed by atoms with Gasteiger partial charge in [0.15, 0.2) is 5.69 Å². The second-order valence-corrected chi connectivity index (χ2v) is 8.78. The summed E-state index contributed by atoms with van der Waals surface area (Å²) < 4.78 is 11.5. The number of rotatable bonds is 7. The number of hydrogen-bond acceptors (Lipinski definition) is 6. The van der Waals surface area contributed by atoms with Crippen LogP contribution >= 0.6 is 23.2 Å². The van der Waals surface area contributed by atoms with Gasteiger partial charge in [-0.25, -0.2) is 0 Å². The van der Waals surface area contributed by atoms with Crippen LogP contribution in [0, 0.1) is 6.92 Å². The van der Waals surface area contributed by atoms with Gasteiger partial charge in [0.1, 0.15) is 11.5 Å². The first-order valence-corrected chi connectivity index (χ1v) is 11.8. The van der Waals surface area contributed by atoms with Crippen molar-refractivity contribution < 1.29 is 19.1 Å². The molecule has 0 spiro atoms. The quantitative estimate of drug-likeness (QED) is 0.359. The Morgan fingerprint density at radius 2 is 1.65 bits per heavy atom. The summed E-state index contributed by atoms with van der Waals surface area (Å²) in [7, 11) is 2.93. The van der Waals surface area contributed by atoms with Crippen molar-refractivity contribution in [3.05, 3.63) is 86.3 Å². The number of amides is 2. The number of carbonyl (C=O) groups excluding carboxylic acids is 2. The maximum atomic E-state index is 13.2. The van der Waals surface area contributed by atoms with E-state index in [0.29, 0.717) is 33.3 Å². The number of aromatic nitrogens is 2. The molecule has 4 rings (SSSR count). The molecule has 3 aromatic carbocycles. The van der Waals surface area contributed by atoms with Crippen LogP contribution in [-0.2, 0) is 4.79 Å². The molecule has 0 saturated heterocycles. The number of nitrogens with one attached hydrogen (secondary N) is 2. The summed E-state index contributed by atoms with van der Waals surface area (Å²) in [5.74, 6) is -0.323. The van der Waals surface area contributed by atoms with E-state index in [0.717, 1.165) is 10.2 Å². The molecule has 9 nitrogen and oxygen atoms in total. The number of ether oxygens (including phenoxy) is 2. The summed E-state index contributed by atoms with van der Waals surface area (Å²) in [6.07, 6.45) is 0. The number of hydrogen-bond donors (Lipinski definition) is 2. The first-order valence-electron chi connectivity index (χ1n) is 11.0. The molecule has 0 aliphatic rings. The summed E-state index contributed by atoms with van der Waals surface area (Å²) in [5, 5.41) is 11.0. The summed E-state index contributed by atoms with van der Waals surface area (Å²) in [5.41, 5.74) is 1.04. The van der Waals surface area contributed by atoms with Crippen LogP contribution < -0.4 is 25.7 Å². The van der Waals surface area contributed by atoms with Crippen LogP contribution in [0.4, 0.5) is 5.69 Å². The molecule has 11 heteroatoms. The van der Waals surface area contributed by atoms with Gasteiger partial charge in [-0.2, -0.15) is 9.78 Å². The standard InChI is InChI=1S/C26H22Cl2N4O5/c1-14-10-20(22(37-3)12-18(14)27)30-23(33)13-29-25(34)24-16-6-4-5-7-17(16)26(35)32(31-24)15-8-9-21(36-2)19(28)11-15/h4-12H,13H2,1-3H3,(H,29,34)(H,30,33). The van der Waals surface area contributed by atoms with Crippen molar-refractivity contribution in [2.75, 3.05) is 26.1 Å². The summed E-state index contributed by atoms with van der Waals surface area (Å²) in [6, 6.07) is 14.6. The predicted octanol–water partition coefficient (Wildman–Crippen LogP) is 4.39. The Labute approximate surface area is 221 Å². The Hall–Kier alpha value is -4.08. The van der Waals surface area contributed by atoms with Crippen LogP contribution in [0.15, 0.2) is 59.4 Å². The van der Waals surface area contributed by atoms with Crippen molar-refractivity contribution in [1.29, 1.82) is 0 Å². The van der Waals surface area contributed by atoms with Gasteiger partial charge in [-0.3, -0.25) is 14.4 Å². The summed E-state index contributed by atoms with van der Waals surface area (Å²) in [4.78, 5) is 38.9. The fourth-order valence-corrected chi connectivity index (χ4v) is 4.09. The van der Waals surface area contributed by atoms with Crippen LogP contribution in [0.5, 0.6) is 11.5 Å². The second-order valence-electron chi connectivity index (χ2n) is 7.96. The average molecular weight is 541 g/mol. The molecule has 1 heterocycles. The Morgan fingerprint density at radius 1 is 0.946 bits per heavy atom. The second kappa shape index (κ2) is 10.9. The molecule has 0 aliphatic carbocycles. The normalized spacial score (nSPS) is 10.7. The van der Waals surface area contributed by atoms with Crippen molar-refractivity contribution in [3.63, 3.8) is 0 Å². The molecule has 0 saturated carbocycles. The van der Waals surface area contributed by atoms with Crippen molar-refractivity contribution in [1.82, 2.24) is 15.1 Å². The minimum Gasteiger partial charge on any atom is -0.495 e. The molecule has 0 bridgehead atoms. The van der Waals surface area contributed by atoms with Crippen molar-refractivity contribution in [2.45, 2.75) is 6.92 Å². The number of carbonyl (C=O) groups is 2. The minimum atomic E-state index is -0.640. The highest BCUT2D eigenvalue weighted by Gasteiger charge is 2.19. The SMILES string of the molecule is COc1ccc(-n2nc(C(=O)NCC(=O)Nc3cc(C)c(Cl)cc3OC)c3ccccc3c2=O)cc1Cl. The zero-order chi connectivity index (χ0) is 26.7. The third-order valence-electron chi connectivity index (χ3n) is 5.56. The highest BCUT2D eigenvalue weighted by Crippen LogP contribution is 2.31. The molecule has 0 radical (unpaired) electrons.